The van der Waals surface area contributed by atoms with Crippen LogP contribution in [0.5, 0.6) is 5.75 Å². The molecule has 3 rings (SSSR count). The van der Waals surface area contributed by atoms with Crippen molar-refractivity contribution in [2.45, 2.75) is 0 Å². The summed E-state index contributed by atoms with van der Waals surface area (Å²) < 4.78 is 0. The van der Waals surface area contributed by atoms with Crippen LogP contribution in [0, 0.1) is 0 Å². The number of imidazole rings is 1. The van der Waals surface area contributed by atoms with Gasteiger partial charge in [0.2, 0.25) is 0 Å². The summed E-state index contributed by atoms with van der Waals surface area (Å²) in [4.78, 5) is 11.6. The number of phenolic OH excluding ortho intramolecular Hbond substituents is 1. The van der Waals surface area contributed by atoms with E-state index in [2.05, 4.69) is 15.0 Å². The predicted molar refractivity (Wildman–Crippen MR) is 66.0 cm³/mol. The maximum Gasteiger partial charge on any atom is 0.178 e. The first kappa shape index (κ1) is 10.1. The van der Waals surface area contributed by atoms with Crippen molar-refractivity contribution in [1.29, 1.82) is 0 Å². The van der Waals surface area contributed by atoms with Crippen molar-refractivity contribution in [1.82, 2.24) is 15.0 Å². The van der Waals surface area contributed by atoms with Gasteiger partial charge in [0.05, 0.1) is 10.5 Å². The molecule has 17 heavy (non-hydrogen) atoms. The van der Waals surface area contributed by atoms with Gasteiger partial charge in [-0.3, -0.25) is 0 Å². The van der Waals surface area contributed by atoms with Crippen LogP contribution in [0.1, 0.15) is 0 Å². The maximum absolute atomic E-state index is 9.46. The van der Waals surface area contributed by atoms with Gasteiger partial charge in [-0.05, 0) is 30.3 Å². The topological polar surface area (TPSA) is 61.8 Å². The fourth-order valence-corrected chi connectivity index (χ4v) is 1.87. The van der Waals surface area contributed by atoms with Crippen LogP contribution >= 0.6 is 11.6 Å². The Morgan fingerprint density at radius 1 is 1.24 bits per heavy atom. The van der Waals surface area contributed by atoms with Crippen LogP contribution in [0.2, 0.25) is 5.02 Å². The fraction of sp³-hybridized carbons (Fsp3) is 0. The summed E-state index contributed by atoms with van der Waals surface area (Å²) in [5.74, 6) is 0.748. The molecule has 0 aliphatic rings. The second kappa shape index (κ2) is 3.75. The third-order valence-corrected chi connectivity index (χ3v) is 2.79. The van der Waals surface area contributed by atoms with Crippen LogP contribution in [0.15, 0.2) is 36.5 Å². The lowest BCUT2D eigenvalue weighted by Crippen LogP contribution is -1.82. The Kier molecular flexibility index (Phi) is 2.23. The van der Waals surface area contributed by atoms with Gasteiger partial charge in [-0.2, -0.15) is 0 Å². The van der Waals surface area contributed by atoms with E-state index in [1.165, 1.54) is 6.07 Å². The maximum atomic E-state index is 9.46. The smallest absolute Gasteiger partial charge is 0.178 e. The van der Waals surface area contributed by atoms with Gasteiger partial charge < -0.3 is 10.1 Å². The summed E-state index contributed by atoms with van der Waals surface area (Å²) >= 11 is 6.07. The second-order valence-electron chi connectivity index (χ2n) is 3.62. The molecule has 5 heteroatoms. The molecule has 2 aromatic heterocycles. The highest BCUT2D eigenvalue weighted by Crippen LogP contribution is 2.29. The number of nitrogens with one attached hydrogen (secondary N) is 1. The van der Waals surface area contributed by atoms with E-state index in [1.807, 2.05) is 12.1 Å². The van der Waals surface area contributed by atoms with E-state index in [9.17, 15) is 5.11 Å². The van der Waals surface area contributed by atoms with Gasteiger partial charge in [0, 0.05) is 11.8 Å². The molecular formula is C12H8ClN3O. The number of phenols is 1. The number of hydrogen-bond donors (Lipinski definition) is 2. The van der Waals surface area contributed by atoms with Crippen molar-refractivity contribution in [2.75, 3.05) is 0 Å². The minimum absolute atomic E-state index is 0.151. The third-order valence-electron chi connectivity index (χ3n) is 2.46. The van der Waals surface area contributed by atoms with E-state index in [0.717, 1.165) is 5.52 Å². The van der Waals surface area contributed by atoms with Gasteiger partial charge in [-0.1, -0.05) is 11.6 Å². The Bertz CT molecular complexity index is 660. The van der Waals surface area contributed by atoms with Crippen LogP contribution < -0.4 is 0 Å². The highest BCUT2D eigenvalue weighted by atomic mass is 35.5. The van der Waals surface area contributed by atoms with Crippen molar-refractivity contribution < 1.29 is 5.11 Å². The van der Waals surface area contributed by atoms with Crippen LogP contribution in [0.4, 0.5) is 0 Å². The van der Waals surface area contributed by atoms with Gasteiger partial charge >= 0.3 is 0 Å². The number of halogens is 1. The van der Waals surface area contributed by atoms with E-state index < -0.39 is 0 Å². The van der Waals surface area contributed by atoms with Crippen molar-refractivity contribution in [2.24, 2.45) is 0 Å². The molecule has 0 aliphatic heterocycles. The van der Waals surface area contributed by atoms with E-state index in [1.54, 1.807) is 18.3 Å². The zero-order valence-corrected chi connectivity index (χ0v) is 9.44. The Labute approximate surface area is 102 Å². The van der Waals surface area contributed by atoms with Gasteiger partial charge in [-0.15, -0.1) is 0 Å². The molecule has 3 aromatic rings. The summed E-state index contributed by atoms with van der Waals surface area (Å²) in [6.45, 7) is 0. The predicted octanol–water partition coefficient (Wildman–Crippen LogP) is 2.98. The summed E-state index contributed by atoms with van der Waals surface area (Å²) in [7, 11) is 0. The zero-order chi connectivity index (χ0) is 11.8. The number of rotatable bonds is 1. The van der Waals surface area contributed by atoms with Crippen molar-refractivity contribution in [3.05, 3.63) is 41.6 Å². The monoisotopic (exact) mass is 245 g/mol. The highest BCUT2D eigenvalue weighted by Gasteiger charge is 2.09. The van der Waals surface area contributed by atoms with Gasteiger partial charge in [0.1, 0.15) is 11.6 Å². The molecule has 0 saturated heterocycles. The number of aromatic amines is 1. The Morgan fingerprint density at radius 3 is 2.94 bits per heavy atom. The molecule has 4 nitrogen and oxygen atoms in total. The van der Waals surface area contributed by atoms with Crippen LogP contribution in [0.3, 0.4) is 0 Å². The van der Waals surface area contributed by atoms with Gasteiger partial charge in [0.15, 0.2) is 5.65 Å². The number of pyridine rings is 1. The number of H-pyrrole nitrogens is 1. The Balaban J connectivity index is 2.23. The molecule has 0 bridgehead atoms. The lowest BCUT2D eigenvalue weighted by molar-refractivity contribution is 0.475. The fourth-order valence-electron chi connectivity index (χ4n) is 1.67. The molecule has 0 amide bonds. The highest BCUT2D eigenvalue weighted by molar-refractivity contribution is 6.33. The first-order chi connectivity index (χ1) is 8.24. The Morgan fingerprint density at radius 2 is 2.12 bits per heavy atom. The van der Waals surface area contributed by atoms with Gasteiger partial charge in [-0.25, -0.2) is 9.97 Å². The van der Waals surface area contributed by atoms with E-state index in [-0.39, 0.29) is 5.75 Å². The number of fused-ring (bicyclic) bond motifs is 1. The molecule has 0 fully saturated rings. The van der Waals surface area contributed by atoms with Crippen LogP contribution in [0.25, 0.3) is 22.6 Å². The molecule has 1 aromatic carbocycles. The molecule has 84 valence electrons. The lowest BCUT2D eigenvalue weighted by Gasteiger charge is -2.00. The molecular weight excluding hydrogens is 238 g/mol. The van der Waals surface area contributed by atoms with Crippen molar-refractivity contribution in [3.63, 3.8) is 0 Å². The largest absolute Gasteiger partial charge is 0.508 e. The minimum Gasteiger partial charge on any atom is -0.508 e. The van der Waals surface area contributed by atoms with E-state index in [0.29, 0.717) is 22.1 Å². The molecule has 0 atom stereocenters. The summed E-state index contributed by atoms with van der Waals surface area (Å²) in [6.07, 6.45) is 1.68. The molecule has 2 heterocycles. The molecule has 0 aliphatic carbocycles. The summed E-state index contributed by atoms with van der Waals surface area (Å²) in [5, 5.41) is 9.99. The first-order valence-corrected chi connectivity index (χ1v) is 5.41. The zero-order valence-electron chi connectivity index (χ0n) is 8.68. The minimum atomic E-state index is 0.151. The first-order valence-electron chi connectivity index (χ1n) is 5.03. The number of aromatic hydroxyl groups is 1. The van der Waals surface area contributed by atoms with Gasteiger partial charge in [0.25, 0.3) is 0 Å². The summed E-state index contributed by atoms with van der Waals surface area (Å²) in [6, 6.07) is 8.45. The van der Waals surface area contributed by atoms with Crippen molar-refractivity contribution in [3.8, 4) is 17.1 Å². The molecule has 0 unspecified atom stereocenters. The number of hydrogen-bond acceptors (Lipinski definition) is 3. The average molecular weight is 246 g/mol. The SMILES string of the molecule is Oc1ccc(Cl)c(-c2nc3ncccc3[nH]2)c1. The van der Waals surface area contributed by atoms with Crippen molar-refractivity contribution >= 4 is 22.8 Å². The van der Waals surface area contributed by atoms with Crippen LogP contribution in [-0.4, -0.2) is 20.1 Å². The molecule has 0 spiro atoms. The molecule has 0 radical (unpaired) electrons. The standard InChI is InChI=1S/C12H8ClN3O/c13-9-4-3-7(17)6-8(9)11-15-10-2-1-5-14-12(10)16-11/h1-6,17H,(H,14,15,16). The average Bonchev–Trinajstić information content (AvgIpc) is 2.75. The number of benzene rings is 1. The Hall–Kier alpha value is -2.07. The molecule has 2 N–H and O–H groups in total. The normalized spacial score (nSPS) is 10.9. The van der Waals surface area contributed by atoms with E-state index >= 15 is 0 Å². The lowest BCUT2D eigenvalue weighted by atomic mass is 10.2. The van der Waals surface area contributed by atoms with Crippen LogP contribution in [-0.2, 0) is 0 Å². The quantitative estimate of drug-likeness (QED) is 0.693. The van der Waals surface area contributed by atoms with E-state index in [4.69, 9.17) is 11.6 Å². The second-order valence-corrected chi connectivity index (χ2v) is 4.03. The number of nitrogens with zero attached hydrogens (tertiary/aromatic N) is 2. The third kappa shape index (κ3) is 1.72. The number of aromatic nitrogens is 3. The molecule has 0 saturated carbocycles. The summed E-state index contributed by atoms with van der Waals surface area (Å²) in [5.41, 5.74) is 2.12.